The third kappa shape index (κ3) is 6.70. The van der Waals surface area contributed by atoms with E-state index in [2.05, 4.69) is 5.32 Å². The van der Waals surface area contributed by atoms with Crippen LogP contribution in [0.25, 0.3) is 0 Å². The van der Waals surface area contributed by atoms with Crippen molar-refractivity contribution in [2.75, 3.05) is 23.7 Å². The van der Waals surface area contributed by atoms with Gasteiger partial charge in [-0.2, -0.15) is 0 Å². The maximum Gasteiger partial charge on any atom is 0.244 e. The van der Waals surface area contributed by atoms with Crippen molar-refractivity contribution in [3.05, 3.63) is 64.7 Å². The predicted molar refractivity (Wildman–Crippen MR) is 124 cm³/mol. The van der Waals surface area contributed by atoms with Gasteiger partial charge < -0.3 is 10.2 Å². The van der Waals surface area contributed by atoms with E-state index in [1.165, 1.54) is 4.90 Å². The summed E-state index contributed by atoms with van der Waals surface area (Å²) in [4.78, 5) is 27.2. The van der Waals surface area contributed by atoms with Crippen molar-refractivity contribution in [1.29, 1.82) is 0 Å². The number of nitrogens with one attached hydrogen (secondary N) is 1. The molecule has 9 heteroatoms. The lowest BCUT2D eigenvalue weighted by molar-refractivity contribution is -0.139. The number of halogens is 1. The number of likely N-dealkylation sites (N-methyl/N-ethyl adjacent to an activating group) is 1. The molecule has 0 aliphatic heterocycles. The zero-order valence-electron chi connectivity index (χ0n) is 18.1. The minimum atomic E-state index is -3.77. The maximum absolute atomic E-state index is 13.3. The summed E-state index contributed by atoms with van der Waals surface area (Å²) < 4.78 is 26.1. The quantitative estimate of drug-likeness (QED) is 0.616. The first-order valence-electron chi connectivity index (χ1n) is 9.89. The summed E-state index contributed by atoms with van der Waals surface area (Å²) >= 11 is 6.00. The number of benzene rings is 2. The van der Waals surface area contributed by atoms with Gasteiger partial charge in [-0.15, -0.1) is 0 Å². The van der Waals surface area contributed by atoms with Gasteiger partial charge in [-0.1, -0.05) is 41.9 Å². The first-order valence-corrected chi connectivity index (χ1v) is 12.1. The Morgan fingerprint density at radius 1 is 1.13 bits per heavy atom. The van der Waals surface area contributed by atoms with Crippen molar-refractivity contribution >= 4 is 39.1 Å². The molecule has 1 atom stereocenters. The van der Waals surface area contributed by atoms with Crippen molar-refractivity contribution in [3.63, 3.8) is 0 Å². The molecule has 7 nitrogen and oxygen atoms in total. The van der Waals surface area contributed by atoms with Crippen molar-refractivity contribution < 1.29 is 18.0 Å². The molecule has 0 heterocycles. The third-order valence-electron chi connectivity index (χ3n) is 4.82. The van der Waals surface area contributed by atoms with Gasteiger partial charge in [0.1, 0.15) is 12.6 Å². The Morgan fingerprint density at radius 2 is 1.77 bits per heavy atom. The first kappa shape index (κ1) is 24.7. The maximum atomic E-state index is 13.3. The molecule has 0 radical (unpaired) electrons. The van der Waals surface area contributed by atoms with E-state index in [-0.39, 0.29) is 12.5 Å². The molecule has 2 aromatic rings. The minimum absolute atomic E-state index is 0.176. The summed E-state index contributed by atoms with van der Waals surface area (Å²) in [6, 6.07) is 13.2. The molecule has 0 aliphatic rings. The minimum Gasteiger partial charge on any atom is -0.355 e. The number of hydrogen-bond donors (Lipinski definition) is 1. The van der Waals surface area contributed by atoms with Crippen molar-refractivity contribution in [2.24, 2.45) is 0 Å². The SMILES string of the molecule is CCNC(=O)C(C)N(Cc1ccccc1)C(=O)CN(c1ccc(Cl)cc1C)S(C)(=O)=O. The second-order valence-electron chi connectivity index (χ2n) is 7.28. The molecule has 0 bridgehead atoms. The largest absolute Gasteiger partial charge is 0.355 e. The zero-order valence-corrected chi connectivity index (χ0v) is 19.7. The van der Waals surface area contributed by atoms with Gasteiger partial charge in [0.05, 0.1) is 11.9 Å². The molecule has 31 heavy (non-hydrogen) atoms. The predicted octanol–water partition coefficient (Wildman–Crippen LogP) is 2.97. The summed E-state index contributed by atoms with van der Waals surface area (Å²) in [5.74, 6) is -0.789. The lowest BCUT2D eigenvalue weighted by atomic mass is 10.1. The van der Waals surface area contributed by atoms with E-state index in [1.54, 1.807) is 39.0 Å². The summed E-state index contributed by atoms with van der Waals surface area (Å²) in [5.41, 5.74) is 1.82. The molecule has 2 rings (SSSR count). The Hall–Kier alpha value is -2.58. The average molecular weight is 466 g/mol. The van der Waals surface area contributed by atoms with Crippen LogP contribution in [0.1, 0.15) is 25.0 Å². The van der Waals surface area contributed by atoms with Gasteiger partial charge in [0, 0.05) is 18.1 Å². The number of carbonyl (C=O) groups is 2. The van der Waals surface area contributed by atoms with E-state index in [9.17, 15) is 18.0 Å². The van der Waals surface area contributed by atoms with Crippen LogP contribution in [-0.4, -0.2) is 50.5 Å². The van der Waals surface area contributed by atoms with E-state index in [4.69, 9.17) is 11.6 Å². The fourth-order valence-electron chi connectivity index (χ4n) is 3.18. The third-order valence-corrected chi connectivity index (χ3v) is 6.18. The van der Waals surface area contributed by atoms with Crippen LogP contribution in [0.15, 0.2) is 48.5 Å². The highest BCUT2D eigenvalue weighted by molar-refractivity contribution is 7.92. The molecule has 0 saturated heterocycles. The summed E-state index contributed by atoms with van der Waals surface area (Å²) in [5, 5.41) is 3.19. The van der Waals surface area contributed by atoms with Gasteiger partial charge in [0.25, 0.3) is 0 Å². The molecule has 2 amide bonds. The number of nitrogens with zero attached hydrogens (tertiary/aromatic N) is 2. The topological polar surface area (TPSA) is 86.8 Å². The van der Waals surface area contributed by atoms with Crippen LogP contribution in [0.4, 0.5) is 5.69 Å². The molecule has 1 unspecified atom stereocenters. The van der Waals surface area contributed by atoms with Gasteiger partial charge in [-0.05, 0) is 50.1 Å². The number of anilines is 1. The molecular formula is C22H28ClN3O4S. The fraction of sp³-hybridized carbons (Fsp3) is 0.364. The average Bonchev–Trinajstić information content (AvgIpc) is 2.70. The molecule has 2 aromatic carbocycles. The van der Waals surface area contributed by atoms with Crippen LogP contribution in [0, 0.1) is 6.92 Å². The number of aryl methyl sites for hydroxylation is 1. The highest BCUT2D eigenvalue weighted by Gasteiger charge is 2.30. The van der Waals surface area contributed by atoms with Gasteiger partial charge in [-0.3, -0.25) is 13.9 Å². The second kappa shape index (κ2) is 10.6. The Morgan fingerprint density at radius 3 is 2.32 bits per heavy atom. The van der Waals surface area contributed by atoms with Crippen molar-refractivity contribution in [3.8, 4) is 0 Å². The van der Waals surface area contributed by atoms with Crippen molar-refractivity contribution in [2.45, 2.75) is 33.4 Å². The van der Waals surface area contributed by atoms with Gasteiger partial charge >= 0.3 is 0 Å². The number of hydrogen-bond acceptors (Lipinski definition) is 4. The Balaban J connectivity index is 2.39. The van der Waals surface area contributed by atoms with Gasteiger partial charge in [0.2, 0.25) is 21.8 Å². The highest BCUT2D eigenvalue weighted by atomic mass is 35.5. The lowest BCUT2D eigenvalue weighted by Crippen LogP contribution is -2.51. The number of sulfonamides is 1. The van der Waals surface area contributed by atoms with Crippen LogP contribution in [0.2, 0.25) is 5.02 Å². The Kier molecular flexibility index (Phi) is 8.47. The van der Waals surface area contributed by atoms with E-state index in [0.29, 0.717) is 22.8 Å². The smallest absolute Gasteiger partial charge is 0.244 e. The monoisotopic (exact) mass is 465 g/mol. The van der Waals surface area contributed by atoms with Crippen LogP contribution >= 0.6 is 11.6 Å². The molecule has 0 aliphatic carbocycles. The summed E-state index contributed by atoms with van der Waals surface area (Å²) in [6.45, 7) is 5.32. The standard InChI is InChI=1S/C22H28ClN3O4S/c1-5-24-22(28)17(3)25(14-18-9-7-6-8-10-18)21(27)15-26(31(4,29)30)20-12-11-19(23)13-16(20)2/h6-13,17H,5,14-15H2,1-4H3,(H,24,28). The van der Waals surface area contributed by atoms with Crippen molar-refractivity contribution in [1.82, 2.24) is 10.2 Å². The molecule has 0 spiro atoms. The first-order chi connectivity index (χ1) is 14.5. The van der Waals surface area contributed by atoms with E-state index in [0.717, 1.165) is 16.1 Å². The second-order valence-corrected chi connectivity index (χ2v) is 9.62. The summed E-state index contributed by atoms with van der Waals surface area (Å²) in [6.07, 6.45) is 1.04. The van der Waals surface area contributed by atoms with Crippen LogP contribution < -0.4 is 9.62 Å². The molecule has 1 N–H and O–H groups in total. The van der Waals surface area contributed by atoms with E-state index < -0.39 is 28.5 Å². The van der Waals surface area contributed by atoms with E-state index in [1.807, 2.05) is 30.3 Å². The van der Waals surface area contributed by atoms with Crippen LogP contribution in [0.5, 0.6) is 0 Å². The molecular weight excluding hydrogens is 438 g/mol. The number of amides is 2. The van der Waals surface area contributed by atoms with Gasteiger partial charge in [-0.25, -0.2) is 8.42 Å². The van der Waals surface area contributed by atoms with Gasteiger partial charge in [0.15, 0.2) is 0 Å². The highest BCUT2D eigenvalue weighted by Crippen LogP contribution is 2.26. The van der Waals surface area contributed by atoms with Crippen LogP contribution in [0.3, 0.4) is 0 Å². The lowest BCUT2D eigenvalue weighted by Gasteiger charge is -2.31. The number of rotatable bonds is 9. The molecule has 0 aromatic heterocycles. The number of carbonyl (C=O) groups excluding carboxylic acids is 2. The summed E-state index contributed by atoms with van der Waals surface area (Å²) in [7, 11) is -3.77. The van der Waals surface area contributed by atoms with E-state index >= 15 is 0 Å². The Labute approximate surface area is 189 Å². The Bertz CT molecular complexity index is 1030. The fourth-order valence-corrected chi connectivity index (χ4v) is 4.31. The zero-order chi connectivity index (χ0) is 23.2. The molecule has 168 valence electrons. The molecule has 0 saturated carbocycles. The van der Waals surface area contributed by atoms with Crippen LogP contribution in [-0.2, 0) is 26.2 Å². The molecule has 0 fully saturated rings. The normalized spacial score (nSPS) is 12.2.